The number of amides is 1. The van der Waals surface area contributed by atoms with Crippen LogP contribution in [0.4, 0.5) is 0 Å². The van der Waals surface area contributed by atoms with E-state index in [1.807, 2.05) is 67.6 Å². The Kier molecular flexibility index (Phi) is 6.78. The van der Waals surface area contributed by atoms with Gasteiger partial charge in [0.05, 0.1) is 22.2 Å². The number of nitrogens with one attached hydrogen (secondary N) is 1. The summed E-state index contributed by atoms with van der Waals surface area (Å²) in [4.78, 5) is 32.0. The van der Waals surface area contributed by atoms with Crippen LogP contribution in [0.5, 0.6) is 0 Å². The Hall–Kier alpha value is -3.51. The average Bonchev–Trinajstić information content (AvgIpc) is 2.97. The Morgan fingerprint density at radius 1 is 1.00 bits per heavy atom. The lowest BCUT2D eigenvalue weighted by Crippen LogP contribution is -2.62. The van der Waals surface area contributed by atoms with E-state index in [1.54, 1.807) is 0 Å². The number of aryl methyl sites for hydroxylation is 1. The van der Waals surface area contributed by atoms with Crippen LogP contribution in [-0.4, -0.2) is 27.5 Å². The second kappa shape index (κ2) is 10.2. The van der Waals surface area contributed by atoms with E-state index in [0.717, 1.165) is 38.6 Å². The molecule has 1 atom stereocenters. The lowest BCUT2D eigenvalue weighted by atomic mass is 9.51. The summed E-state index contributed by atoms with van der Waals surface area (Å²) in [6.07, 6.45) is 3.83. The van der Waals surface area contributed by atoms with Crippen LogP contribution >= 0.6 is 15.9 Å². The third kappa shape index (κ3) is 4.33. The Labute approximate surface area is 243 Å². The fourth-order valence-electron chi connectivity index (χ4n) is 7.22. The van der Waals surface area contributed by atoms with E-state index >= 15 is 0 Å². The molecule has 40 heavy (non-hydrogen) atoms. The molecule has 1 unspecified atom stereocenters. The van der Waals surface area contributed by atoms with Crippen LogP contribution in [-0.2, 0) is 11.2 Å². The SMILES string of the molecule is CCc1ccccc1C1CC2(C(=O)O)CCC1(NC(=O)c1c(C)c(-c3ccccc3)nc3ccc(Br)cc13)CC2. The van der Waals surface area contributed by atoms with Crippen LogP contribution in [0.15, 0.2) is 77.3 Å². The molecule has 2 bridgehead atoms. The molecule has 0 saturated heterocycles. The van der Waals surface area contributed by atoms with Crippen LogP contribution in [0.3, 0.4) is 0 Å². The summed E-state index contributed by atoms with van der Waals surface area (Å²) in [5.41, 5.74) is 5.13. The molecule has 4 aromatic rings. The van der Waals surface area contributed by atoms with Gasteiger partial charge in [-0.25, -0.2) is 4.98 Å². The molecule has 3 fully saturated rings. The van der Waals surface area contributed by atoms with Gasteiger partial charge in [-0.3, -0.25) is 9.59 Å². The quantitative estimate of drug-likeness (QED) is 0.237. The van der Waals surface area contributed by atoms with E-state index < -0.39 is 16.9 Å². The number of carboxylic acid groups (broad SMARTS) is 1. The summed E-state index contributed by atoms with van der Waals surface area (Å²) >= 11 is 3.59. The summed E-state index contributed by atoms with van der Waals surface area (Å²) in [5, 5.41) is 14.6. The van der Waals surface area contributed by atoms with Gasteiger partial charge in [0.2, 0.25) is 0 Å². The van der Waals surface area contributed by atoms with E-state index in [4.69, 9.17) is 4.98 Å². The van der Waals surface area contributed by atoms with E-state index in [0.29, 0.717) is 37.7 Å². The van der Waals surface area contributed by atoms with E-state index in [1.165, 1.54) is 11.1 Å². The predicted molar refractivity (Wildman–Crippen MR) is 162 cm³/mol. The summed E-state index contributed by atoms with van der Waals surface area (Å²) in [6, 6.07) is 24.2. The number of fused-ring (bicyclic) bond motifs is 4. The molecule has 0 spiro atoms. The highest BCUT2D eigenvalue weighted by molar-refractivity contribution is 9.10. The van der Waals surface area contributed by atoms with Crippen LogP contribution in [0.25, 0.3) is 22.2 Å². The molecular formula is C34H33BrN2O3. The van der Waals surface area contributed by atoms with Gasteiger partial charge in [-0.15, -0.1) is 0 Å². The van der Waals surface area contributed by atoms with Gasteiger partial charge < -0.3 is 10.4 Å². The molecule has 1 heterocycles. The summed E-state index contributed by atoms with van der Waals surface area (Å²) in [7, 11) is 0. The number of carboxylic acids is 1. The zero-order chi connectivity index (χ0) is 28.1. The minimum atomic E-state index is -0.734. The van der Waals surface area contributed by atoms with Crippen molar-refractivity contribution in [2.75, 3.05) is 0 Å². The van der Waals surface area contributed by atoms with Crippen molar-refractivity contribution in [3.63, 3.8) is 0 Å². The number of carbonyl (C=O) groups is 2. The highest BCUT2D eigenvalue weighted by atomic mass is 79.9. The Bertz CT molecular complexity index is 1620. The smallest absolute Gasteiger partial charge is 0.309 e. The number of halogens is 1. The van der Waals surface area contributed by atoms with E-state index in [9.17, 15) is 14.7 Å². The van der Waals surface area contributed by atoms with Crippen molar-refractivity contribution in [2.45, 2.75) is 63.8 Å². The first-order valence-corrected chi connectivity index (χ1v) is 14.9. The molecule has 3 saturated carbocycles. The predicted octanol–water partition coefficient (Wildman–Crippen LogP) is 7.84. The third-order valence-electron chi connectivity index (χ3n) is 9.45. The van der Waals surface area contributed by atoms with Crippen LogP contribution in [0.2, 0.25) is 0 Å². The molecule has 5 nitrogen and oxygen atoms in total. The minimum Gasteiger partial charge on any atom is -0.481 e. The Balaban J connectivity index is 1.48. The zero-order valence-electron chi connectivity index (χ0n) is 22.8. The molecule has 3 aromatic carbocycles. The molecule has 3 aliphatic rings. The number of hydrogen-bond donors (Lipinski definition) is 2. The molecule has 0 radical (unpaired) electrons. The molecule has 204 valence electrons. The Morgan fingerprint density at radius 2 is 1.70 bits per heavy atom. The minimum absolute atomic E-state index is 0.0695. The normalized spacial score (nSPS) is 23.7. The third-order valence-corrected chi connectivity index (χ3v) is 9.95. The van der Waals surface area contributed by atoms with Crippen molar-refractivity contribution in [3.8, 4) is 11.3 Å². The monoisotopic (exact) mass is 596 g/mol. The largest absolute Gasteiger partial charge is 0.481 e. The van der Waals surface area contributed by atoms with Crippen molar-refractivity contribution in [2.24, 2.45) is 5.41 Å². The number of rotatable bonds is 6. The number of nitrogens with zero attached hydrogens (tertiary/aromatic N) is 1. The molecule has 3 aliphatic carbocycles. The number of benzene rings is 3. The molecule has 2 N–H and O–H groups in total. The fraction of sp³-hybridized carbons (Fsp3) is 0.324. The first kappa shape index (κ1) is 26.7. The van der Waals surface area contributed by atoms with Crippen molar-refractivity contribution >= 4 is 38.7 Å². The maximum absolute atomic E-state index is 14.5. The number of carbonyl (C=O) groups excluding carboxylic acids is 1. The van der Waals surface area contributed by atoms with Gasteiger partial charge >= 0.3 is 5.97 Å². The number of pyridine rings is 1. The standard InChI is InChI=1S/C34H33BrN2O3/c1-3-22-9-7-8-12-25(22)27-20-33(32(39)40)15-17-34(27,18-16-33)37-31(38)29-21(2)30(23-10-5-4-6-11-23)36-28-14-13-24(35)19-26(28)29/h4-14,19,27H,3,15-18,20H2,1-2H3,(H,37,38)(H,39,40). The van der Waals surface area contributed by atoms with Crippen molar-refractivity contribution < 1.29 is 14.7 Å². The van der Waals surface area contributed by atoms with E-state index in [2.05, 4.69) is 40.3 Å². The number of aromatic nitrogens is 1. The van der Waals surface area contributed by atoms with Gasteiger partial charge in [0.15, 0.2) is 0 Å². The molecule has 1 amide bonds. The second-order valence-electron chi connectivity index (χ2n) is 11.5. The van der Waals surface area contributed by atoms with Gasteiger partial charge in [0, 0.05) is 26.9 Å². The summed E-state index contributed by atoms with van der Waals surface area (Å²) in [5.74, 6) is -0.900. The lowest BCUT2D eigenvalue weighted by molar-refractivity contribution is -0.157. The highest BCUT2D eigenvalue weighted by Crippen LogP contribution is 2.59. The Morgan fingerprint density at radius 3 is 2.40 bits per heavy atom. The number of aliphatic carboxylic acids is 1. The van der Waals surface area contributed by atoms with Crippen LogP contribution in [0.1, 0.15) is 72.0 Å². The van der Waals surface area contributed by atoms with Gasteiger partial charge in [0.25, 0.3) is 5.91 Å². The molecule has 1 aromatic heterocycles. The molecule has 0 aliphatic heterocycles. The fourth-order valence-corrected chi connectivity index (χ4v) is 7.58. The maximum atomic E-state index is 14.5. The topological polar surface area (TPSA) is 79.3 Å². The van der Waals surface area contributed by atoms with Gasteiger partial charge in [-0.05, 0) is 80.3 Å². The van der Waals surface area contributed by atoms with Crippen molar-refractivity contribution in [1.82, 2.24) is 10.3 Å². The molecule has 7 rings (SSSR count). The lowest BCUT2D eigenvalue weighted by Gasteiger charge is -2.56. The second-order valence-corrected chi connectivity index (χ2v) is 12.4. The number of hydrogen-bond acceptors (Lipinski definition) is 3. The van der Waals surface area contributed by atoms with Crippen LogP contribution < -0.4 is 5.32 Å². The summed E-state index contributed by atoms with van der Waals surface area (Å²) in [6.45, 7) is 4.11. The van der Waals surface area contributed by atoms with Crippen LogP contribution in [0, 0.1) is 12.3 Å². The average molecular weight is 598 g/mol. The molecule has 6 heteroatoms. The van der Waals surface area contributed by atoms with Crippen molar-refractivity contribution in [1.29, 1.82) is 0 Å². The van der Waals surface area contributed by atoms with E-state index in [-0.39, 0.29) is 11.8 Å². The van der Waals surface area contributed by atoms with Crippen molar-refractivity contribution in [3.05, 3.63) is 99.5 Å². The summed E-state index contributed by atoms with van der Waals surface area (Å²) < 4.78 is 0.886. The zero-order valence-corrected chi connectivity index (χ0v) is 24.4. The molecular weight excluding hydrogens is 564 g/mol. The first-order chi connectivity index (χ1) is 19.3. The highest BCUT2D eigenvalue weighted by Gasteiger charge is 2.59. The van der Waals surface area contributed by atoms with Gasteiger partial charge in [0.1, 0.15) is 0 Å². The van der Waals surface area contributed by atoms with Gasteiger partial charge in [-0.1, -0.05) is 77.5 Å². The van der Waals surface area contributed by atoms with Gasteiger partial charge in [-0.2, -0.15) is 0 Å². The first-order valence-electron chi connectivity index (χ1n) is 14.1. The maximum Gasteiger partial charge on any atom is 0.309 e.